The van der Waals surface area contributed by atoms with Crippen molar-refractivity contribution in [3.63, 3.8) is 0 Å². The van der Waals surface area contributed by atoms with Crippen LogP contribution in [0.5, 0.6) is 11.5 Å². The Morgan fingerprint density at radius 2 is 2.19 bits per heavy atom. The van der Waals surface area contributed by atoms with Crippen LogP contribution >= 0.6 is 0 Å². The Morgan fingerprint density at radius 1 is 1.38 bits per heavy atom. The first-order valence-corrected chi connectivity index (χ1v) is 5.13. The average Bonchev–Trinajstić information content (AvgIpc) is 2.31. The van der Waals surface area contributed by atoms with Gasteiger partial charge in [0.15, 0.2) is 11.5 Å². The van der Waals surface area contributed by atoms with Gasteiger partial charge in [-0.3, -0.25) is 4.99 Å². The van der Waals surface area contributed by atoms with Crippen molar-refractivity contribution in [2.45, 2.75) is 6.42 Å². The van der Waals surface area contributed by atoms with Crippen LogP contribution in [0, 0.1) is 0 Å². The van der Waals surface area contributed by atoms with Gasteiger partial charge in [0.2, 0.25) is 0 Å². The van der Waals surface area contributed by atoms with Gasteiger partial charge in [-0.1, -0.05) is 0 Å². The van der Waals surface area contributed by atoms with Crippen molar-refractivity contribution in [3.8, 4) is 11.5 Å². The summed E-state index contributed by atoms with van der Waals surface area (Å²) in [6, 6.07) is 5.13. The monoisotopic (exact) mass is 223 g/mol. The summed E-state index contributed by atoms with van der Waals surface area (Å²) >= 11 is 0. The number of rotatable bonds is 6. The number of benzene rings is 1. The van der Waals surface area contributed by atoms with E-state index < -0.39 is 0 Å². The van der Waals surface area contributed by atoms with Gasteiger partial charge in [0, 0.05) is 26.5 Å². The van der Waals surface area contributed by atoms with Gasteiger partial charge in [-0.2, -0.15) is 0 Å². The van der Waals surface area contributed by atoms with Crippen molar-refractivity contribution in [1.29, 1.82) is 0 Å². The van der Waals surface area contributed by atoms with Crippen molar-refractivity contribution in [1.82, 2.24) is 0 Å². The third-order valence-corrected chi connectivity index (χ3v) is 2.08. The zero-order valence-corrected chi connectivity index (χ0v) is 9.64. The van der Waals surface area contributed by atoms with Crippen LogP contribution < -0.4 is 4.74 Å². The molecule has 0 aromatic heterocycles. The second-order valence-electron chi connectivity index (χ2n) is 3.31. The molecular formula is C12H17NO3. The first-order valence-electron chi connectivity index (χ1n) is 5.13. The summed E-state index contributed by atoms with van der Waals surface area (Å²) in [6.07, 6.45) is 2.67. The summed E-state index contributed by atoms with van der Waals surface area (Å²) in [5.74, 6) is 0.597. The van der Waals surface area contributed by atoms with E-state index in [9.17, 15) is 5.11 Å². The molecule has 1 aromatic carbocycles. The highest BCUT2D eigenvalue weighted by atomic mass is 16.5. The molecule has 0 unspecified atom stereocenters. The smallest absolute Gasteiger partial charge is 0.161 e. The Kier molecular flexibility index (Phi) is 5.36. The van der Waals surface area contributed by atoms with Crippen LogP contribution in [0.2, 0.25) is 0 Å². The second-order valence-corrected chi connectivity index (χ2v) is 3.31. The van der Waals surface area contributed by atoms with Gasteiger partial charge in [0.1, 0.15) is 0 Å². The molecule has 16 heavy (non-hydrogen) atoms. The minimum Gasteiger partial charge on any atom is -0.504 e. The molecule has 4 nitrogen and oxygen atoms in total. The molecular weight excluding hydrogens is 206 g/mol. The number of methoxy groups -OCH3 is 2. The lowest BCUT2D eigenvalue weighted by Crippen LogP contribution is -1.92. The van der Waals surface area contributed by atoms with Crippen molar-refractivity contribution < 1.29 is 14.6 Å². The summed E-state index contributed by atoms with van der Waals surface area (Å²) in [5.41, 5.74) is 0.909. The predicted molar refractivity (Wildman–Crippen MR) is 63.6 cm³/mol. The summed E-state index contributed by atoms with van der Waals surface area (Å²) in [4.78, 5) is 4.24. The molecule has 0 bridgehead atoms. The Morgan fingerprint density at radius 3 is 2.88 bits per heavy atom. The maximum Gasteiger partial charge on any atom is 0.161 e. The molecule has 0 radical (unpaired) electrons. The lowest BCUT2D eigenvalue weighted by atomic mass is 10.2. The molecule has 4 heteroatoms. The van der Waals surface area contributed by atoms with E-state index >= 15 is 0 Å². The minimum absolute atomic E-state index is 0.138. The predicted octanol–water partition coefficient (Wildman–Crippen LogP) is 1.86. The molecule has 0 aliphatic heterocycles. The van der Waals surface area contributed by atoms with E-state index in [-0.39, 0.29) is 5.75 Å². The van der Waals surface area contributed by atoms with Crippen LogP contribution in [0.4, 0.5) is 0 Å². The van der Waals surface area contributed by atoms with Crippen LogP contribution in [-0.2, 0) is 4.74 Å². The van der Waals surface area contributed by atoms with Gasteiger partial charge in [-0.25, -0.2) is 0 Å². The summed E-state index contributed by atoms with van der Waals surface area (Å²) in [7, 11) is 3.20. The fraction of sp³-hybridized carbons (Fsp3) is 0.417. The van der Waals surface area contributed by atoms with Crippen LogP contribution in [-0.4, -0.2) is 38.7 Å². The number of hydrogen-bond donors (Lipinski definition) is 1. The van der Waals surface area contributed by atoms with Gasteiger partial charge < -0.3 is 14.6 Å². The van der Waals surface area contributed by atoms with Gasteiger partial charge in [-0.15, -0.1) is 0 Å². The SMILES string of the molecule is COCCCN=Cc1ccc(O)c(OC)c1. The highest BCUT2D eigenvalue weighted by Crippen LogP contribution is 2.25. The Hall–Kier alpha value is -1.55. The van der Waals surface area contributed by atoms with E-state index in [0.29, 0.717) is 5.75 Å². The lowest BCUT2D eigenvalue weighted by Gasteiger charge is -2.03. The fourth-order valence-electron chi connectivity index (χ4n) is 1.24. The van der Waals surface area contributed by atoms with Crippen LogP contribution in [0.3, 0.4) is 0 Å². The molecule has 0 atom stereocenters. The van der Waals surface area contributed by atoms with Crippen molar-refractivity contribution in [2.24, 2.45) is 4.99 Å². The van der Waals surface area contributed by atoms with Gasteiger partial charge in [-0.05, 0) is 30.2 Å². The molecule has 0 saturated heterocycles. The quantitative estimate of drug-likeness (QED) is 0.591. The standard InChI is InChI=1S/C12H17NO3/c1-15-7-3-6-13-9-10-4-5-11(14)12(8-10)16-2/h4-5,8-9,14H,3,6-7H2,1-2H3. The van der Waals surface area contributed by atoms with E-state index in [4.69, 9.17) is 9.47 Å². The molecule has 0 amide bonds. The second kappa shape index (κ2) is 6.85. The number of phenolic OH excluding ortho intramolecular Hbond substituents is 1. The molecule has 0 fully saturated rings. The first kappa shape index (κ1) is 12.5. The molecule has 0 heterocycles. The van der Waals surface area contributed by atoms with E-state index in [1.807, 2.05) is 0 Å². The number of hydrogen-bond acceptors (Lipinski definition) is 4. The van der Waals surface area contributed by atoms with Crippen LogP contribution in [0.1, 0.15) is 12.0 Å². The number of ether oxygens (including phenoxy) is 2. The summed E-state index contributed by atoms with van der Waals surface area (Å²) < 4.78 is 9.92. The molecule has 0 saturated carbocycles. The largest absolute Gasteiger partial charge is 0.504 e. The normalized spacial score (nSPS) is 10.9. The minimum atomic E-state index is 0.138. The molecule has 1 rings (SSSR count). The zero-order valence-electron chi connectivity index (χ0n) is 9.64. The molecule has 0 spiro atoms. The van der Waals surface area contributed by atoms with E-state index in [0.717, 1.165) is 25.1 Å². The number of nitrogens with zero attached hydrogens (tertiary/aromatic N) is 1. The Labute approximate surface area is 95.5 Å². The molecule has 1 aromatic rings. The Balaban J connectivity index is 2.53. The van der Waals surface area contributed by atoms with E-state index in [1.54, 1.807) is 31.5 Å². The lowest BCUT2D eigenvalue weighted by molar-refractivity contribution is 0.197. The zero-order chi connectivity index (χ0) is 11.8. The van der Waals surface area contributed by atoms with Crippen molar-refractivity contribution in [3.05, 3.63) is 23.8 Å². The first-order chi connectivity index (χ1) is 7.77. The molecule has 0 aliphatic rings. The highest BCUT2D eigenvalue weighted by Gasteiger charge is 2.00. The van der Waals surface area contributed by atoms with Crippen LogP contribution in [0.25, 0.3) is 0 Å². The summed E-state index contributed by atoms with van der Waals surface area (Å²) in [6.45, 7) is 1.45. The van der Waals surface area contributed by atoms with Gasteiger partial charge in [0.25, 0.3) is 0 Å². The number of aromatic hydroxyl groups is 1. The van der Waals surface area contributed by atoms with Crippen molar-refractivity contribution >= 4 is 6.21 Å². The molecule has 1 N–H and O–H groups in total. The average molecular weight is 223 g/mol. The van der Waals surface area contributed by atoms with Crippen LogP contribution in [0.15, 0.2) is 23.2 Å². The number of phenols is 1. The third-order valence-electron chi connectivity index (χ3n) is 2.08. The van der Waals surface area contributed by atoms with Gasteiger partial charge in [0.05, 0.1) is 7.11 Å². The molecule has 88 valence electrons. The highest BCUT2D eigenvalue weighted by molar-refractivity contribution is 5.80. The van der Waals surface area contributed by atoms with E-state index in [2.05, 4.69) is 4.99 Å². The maximum absolute atomic E-state index is 9.39. The third kappa shape index (κ3) is 3.90. The van der Waals surface area contributed by atoms with Gasteiger partial charge >= 0.3 is 0 Å². The number of aliphatic imine (C=N–C) groups is 1. The Bertz CT molecular complexity index is 350. The maximum atomic E-state index is 9.39. The topological polar surface area (TPSA) is 51.0 Å². The van der Waals surface area contributed by atoms with E-state index in [1.165, 1.54) is 7.11 Å². The fourth-order valence-corrected chi connectivity index (χ4v) is 1.24. The van der Waals surface area contributed by atoms with Crippen molar-refractivity contribution in [2.75, 3.05) is 27.4 Å². The molecule has 0 aliphatic carbocycles. The summed E-state index contributed by atoms with van der Waals surface area (Å²) in [5, 5.41) is 9.39.